The lowest BCUT2D eigenvalue weighted by Gasteiger charge is -2.36. The van der Waals surface area contributed by atoms with Gasteiger partial charge in [-0.3, -0.25) is 18.9 Å². The van der Waals surface area contributed by atoms with E-state index in [-0.39, 0.29) is 12.3 Å². The van der Waals surface area contributed by atoms with E-state index in [1.807, 2.05) is 50.0 Å². The highest BCUT2D eigenvalue weighted by Gasteiger charge is 2.19. The molecule has 1 aliphatic heterocycles. The molecule has 2 heterocycles. The first-order valence-electron chi connectivity index (χ1n) is 13.2. The molecule has 1 amide bonds. The molecule has 3 aromatic rings. The molecule has 1 saturated heterocycles. The number of carbonyl (C=O) groups excluding carboxylic acids is 1. The number of fused-ring (bicyclic) bond motifs is 1. The van der Waals surface area contributed by atoms with Crippen LogP contribution in [0, 0.1) is 0 Å². The fourth-order valence-corrected chi connectivity index (χ4v) is 5.62. The number of aromatic nitrogens is 1. The zero-order valence-electron chi connectivity index (χ0n) is 22.4. The molecule has 39 heavy (non-hydrogen) atoms. The van der Waals surface area contributed by atoms with Crippen molar-refractivity contribution >= 4 is 54.6 Å². The molecule has 0 spiro atoms. The Balaban J connectivity index is 1.25. The molecule has 0 N–H and O–H groups in total. The van der Waals surface area contributed by atoms with Gasteiger partial charge in [0.15, 0.2) is 6.73 Å². The van der Waals surface area contributed by atoms with E-state index in [1.54, 1.807) is 10.7 Å². The summed E-state index contributed by atoms with van der Waals surface area (Å²) in [5.74, 6) is 0.686. The SMILES string of the molecule is CCN(PC)C(=O)OCn1c(=O)ccc2ccc(OCCCCN3CCN(c4cccc(Cl)c4Cl)CC3)cc21. The van der Waals surface area contributed by atoms with Gasteiger partial charge < -0.3 is 14.4 Å². The molecule has 1 fully saturated rings. The highest BCUT2D eigenvalue weighted by molar-refractivity contribution is 7.35. The third kappa shape index (κ3) is 7.57. The molecule has 4 rings (SSSR count). The Hall–Kier alpha value is -2.51. The quantitative estimate of drug-likeness (QED) is 0.203. The normalized spacial score (nSPS) is 14.3. The minimum atomic E-state index is -0.427. The number of hydrogen-bond acceptors (Lipinski definition) is 6. The van der Waals surface area contributed by atoms with Gasteiger partial charge in [-0.1, -0.05) is 29.3 Å². The van der Waals surface area contributed by atoms with Gasteiger partial charge in [0.25, 0.3) is 5.56 Å². The maximum atomic E-state index is 12.5. The third-order valence-corrected chi connectivity index (χ3v) is 8.72. The van der Waals surface area contributed by atoms with Crippen LogP contribution in [0.4, 0.5) is 10.5 Å². The molecule has 1 unspecified atom stereocenters. The smallest absolute Gasteiger partial charge is 0.414 e. The number of rotatable bonds is 11. The first kappa shape index (κ1) is 29.5. The molecular formula is C28H35Cl2N4O4P. The summed E-state index contributed by atoms with van der Waals surface area (Å²) in [6, 6.07) is 14.7. The topological polar surface area (TPSA) is 67.2 Å². The molecule has 1 aliphatic rings. The molecule has 0 saturated carbocycles. The van der Waals surface area contributed by atoms with Crippen molar-refractivity contribution in [3.05, 3.63) is 68.9 Å². The Labute approximate surface area is 241 Å². The Morgan fingerprint density at radius 1 is 1.05 bits per heavy atom. The second-order valence-corrected chi connectivity index (χ2v) is 11.1. The highest BCUT2D eigenvalue weighted by Crippen LogP contribution is 2.33. The minimum absolute atomic E-state index is 0.143. The summed E-state index contributed by atoms with van der Waals surface area (Å²) in [7, 11) is 0.302. The largest absolute Gasteiger partial charge is 0.494 e. The van der Waals surface area contributed by atoms with E-state index in [2.05, 4.69) is 9.80 Å². The fraction of sp³-hybridized carbons (Fsp3) is 0.429. The fourth-order valence-electron chi connectivity index (χ4n) is 4.64. The molecular weight excluding hydrogens is 558 g/mol. The first-order valence-corrected chi connectivity index (χ1v) is 15.4. The second kappa shape index (κ2) is 14.2. The van der Waals surface area contributed by atoms with E-state index >= 15 is 0 Å². The van der Waals surface area contributed by atoms with Crippen LogP contribution >= 0.6 is 31.9 Å². The van der Waals surface area contributed by atoms with Gasteiger partial charge in [0.2, 0.25) is 0 Å². The van der Waals surface area contributed by atoms with Gasteiger partial charge in [0.1, 0.15) is 5.75 Å². The number of carbonyl (C=O) groups is 1. The Kier molecular flexibility index (Phi) is 10.7. The van der Waals surface area contributed by atoms with Crippen molar-refractivity contribution in [3.8, 4) is 5.75 Å². The first-order chi connectivity index (χ1) is 18.9. The number of hydrogen-bond donors (Lipinski definition) is 0. The van der Waals surface area contributed by atoms with E-state index < -0.39 is 6.09 Å². The lowest BCUT2D eigenvalue weighted by molar-refractivity contribution is 0.0982. The number of amides is 1. The summed E-state index contributed by atoms with van der Waals surface area (Å²) >= 11 is 12.6. The lowest BCUT2D eigenvalue weighted by atomic mass is 10.2. The predicted octanol–water partition coefficient (Wildman–Crippen LogP) is 5.93. The van der Waals surface area contributed by atoms with Crippen LogP contribution < -0.4 is 15.2 Å². The predicted molar refractivity (Wildman–Crippen MR) is 161 cm³/mol. The van der Waals surface area contributed by atoms with Gasteiger partial charge in [0, 0.05) is 44.9 Å². The summed E-state index contributed by atoms with van der Waals surface area (Å²) in [6.07, 6.45) is 1.52. The van der Waals surface area contributed by atoms with Crippen LogP contribution in [0.15, 0.2) is 53.3 Å². The number of unbranched alkanes of at least 4 members (excludes halogenated alkanes) is 1. The van der Waals surface area contributed by atoms with Gasteiger partial charge in [-0.2, -0.15) is 0 Å². The Morgan fingerprint density at radius 2 is 1.82 bits per heavy atom. The van der Waals surface area contributed by atoms with E-state index in [4.69, 9.17) is 32.7 Å². The van der Waals surface area contributed by atoms with Gasteiger partial charge in [0.05, 0.1) is 27.9 Å². The minimum Gasteiger partial charge on any atom is -0.494 e. The number of nitrogens with zero attached hydrogens (tertiary/aromatic N) is 4. The average Bonchev–Trinajstić information content (AvgIpc) is 2.95. The monoisotopic (exact) mass is 592 g/mol. The van der Waals surface area contributed by atoms with E-state index in [9.17, 15) is 9.59 Å². The summed E-state index contributed by atoms with van der Waals surface area (Å²) < 4.78 is 14.5. The van der Waals surface area contributed by atoms with Crippen LogP contribution in [0.25, 0.3) is 10.9 Å². The average molecular weight is 593 g/mol. The number of pyridine rings is 1. The highest BCUT2D eigenvalue weighted by atomic mass is 35.5. The van der Waals surface area contributed by atoms with Gasteiger partial charge in [-0.15, -0.1) is 0 Å². The van der Waals surface area contributed by atoms with Crippen LogP contribution in [-0.2, 0) is 11.5 Å². The summed E-state index contributed by atoms with van der Waals surface area (Å²) in [5.41, 5.74) is 1.44. The third-order valence-electron chi connectivity index (χ3n) is 6.87. The number of halogens is 2. The number of benzene rings is 2. The van der Waals surface area contributed by atoms with Crippen molar-refractivity contribution in [2.24, 2.45) is 0 Å². The van der Waals surface area contributed by atoms with Crippen LogP contribution in [0.3, 0.4) is 0 Å². The van der Waals surface area contributed by atoms with E-state index in [0.717, 1.165) is 56.6 Å². The molecule has 0 bridgehead atoms. The van der Waals surface area contributed by atoms with Crippen molar-refractivity contribution < 1.29 is 14.3 Å². The molecule has 1 atom stereocenters. The van der Waals surface area contributed by atoms with Crippen molar-refractivity contribution in [2.75, 3.05) is 57.4 Å². The van der Waals surface area contributed by atoms with Crippen molar-refractivity contribution in [2.45, 2.75) is 26.5 Å². The second-order valence-electron chi connectivity index (χ2n) is 9.28. The summed E-state index contributed by atoms with van der Waals surface area (Å²) in [6.45, 7) is 9.60. The van der Waals surface area contributed by atoms with Crippen LogP contribution in [0.5, 0.6) is 5.75 Å². The van der Waals surface area contributed by atoms with Crippen LogP contribution in [0.2, 0.25) is 10.0 Å². The Morgan fingerprint density at radius 3 is 2.56 bits per heavy atom. The number of piperazine rings is 1. The maximum Gasteiger partial charge on any atom is 0.414 e. The standard InChI is InChI=1S/C28H35Cl2N4O4P/c1-3-34(39-2)28(36)38-20-33-25-19-22(11-9-21(25)10-12-26(33)35)37-18-5-4-13-31-14-16-32(17-15-31)24-8-6-7-23(29)27(24)30/h6-12,19,39H,3-5,13-18,20H2,1-2H3. The lowest BCUT2D eigenvalue weighted by Crippen LogP contribution is -2.46. The van der Waals surface area contributed by atoms with Gasteiger partial charge in [-0.25, -0.2) is 4.79 Å². The molecule has 8 nitrogen and oxygen atoms in total. The zero-order valence-corrected chi connectivity index (χ0v) is 24.9. The van der Waals surface area contributed by atoms with E-state index in [1.165, 1.54) is 10.6 Å². The molecule has 0 aliphatic carbocycles. The molecule has 11 heteroatoms. The van der Waals surface area contributed by atoms with Gasteiger partial charge >= 0.3 is 6.09 Å². The molecule has 210 valence electrons. The molecule has 1 aromatic heterocycles. The van der Waals surface area contributed by atoms with E-state index in [0.29, 0.717) is 43.2 Å². The molecule has 0 radical (unpaired) electrons. The number of anilines is 1. The maximum absolute atomic E-state index is 12.5. The van der Waals surface area contributed by atoms with Crippen LogP contribution in [0.1, 0.15) is 19.8 Å². The molecule has 2 aromatic carbocycles. The van der Waals surface area contributed by atoms with Crippen molar-refractivity contribution in [3.63, 3.8) is 0 Å². The number of ether oxygens (including phenoxy) is 2. The Bertz CT molecular complexity index is 1330. The van der Waals surface area contributed by atoms with Crippen molar-refractivity contribution in [1.29, 1.82) is 0 Å². The zero-order chi connectivity index (χ0) is 27.8. The summed E-state index contributed by atoms with van der Waals surface area (Å²) in [4.78, 5) is 29.6. The van der Waals surface area contributed by atoms with Gasteiger partial charge in [-0.05, 0) is 77.4 Å². The van der Waals surface area contributed by atoms with Crippen molar-refractivity contribution in [1.82, 2.24) is 14.1 Å². The summed E-state index contributed by atoms with van der Waals surface area (Å²) in [5, 5.41) is 2.09. The van der Waals surface area contributed by atoms with Crippen LogP contribution in [-0.4, -0.2) is 72.8 Å².